The summed E-state index contributed by atoms with van der Waals surface area (Å²) in [6.45, 7) is 6.74. The van der Waals surface area contributed by atoms with E-state index in [1.165, 1.54) is 12.8 Å². The van der Waals surface area contributed by atoms with Crippen molar-refractivity contribution in [3.63, 3.8) is 0 Å². The molecule has 1 aliphatic carbocycles. The lowest BCUT2D eigenvalue weighted by Gasteiger charge is -2.53. The van der Waals surface area contributed by atoms with Crippen LogP contribution < -0.4 is 0 Å². The smallest absolute Gasteiger partial charge is 0.260 e. The fraction of sp³-hybridized carbons (Fsp3) is 0.579. The Kier molecular flexibility index (Phi) is 4.45. The zero-order chi connectivity index (χ0) is 16.6. The van der Waals surface area contributed by atoms with Gasteiger partial charge in [-0.15, -0.1) is 0 Å². The molecule has 0 spiro atoms. The molecule has 1 aromatic rings. The molecule has 2 amide bonds. The summed E-state index contributed by atoms with van der Waals surface area (Å²) < 4.78 is 0. The Hall–Kier alpha value is -1.42. The Bertz CT molecular complexity index is 584. The van der Waals surface area contributed by atoms with Crippen molar-refractivity contribution in [3.8, 4) is 0 Å². The van der Waals surface area contributed by atoms with Crippen LogP contribution in [0.25, 0.3) is 0 Å². The average molecular weight is 330 g/mol. The van der Waals surface area contributed by atoms with Gasteiger partial charge in [0.25, 0.3) is 5.91 Å². The van der Waals surface area contributed by atoms with Gasteiger partial charge < -0.3 is 0 Å². The molecule has 2 fully saturated rings. The molecule has 0 radical (unpaired) electrons. The van der Waals surface area contributed by atoms with Crippen molar-refractivity contribution in [3.05, 3.63) is 35.9 Å². The van der Waals surface area contributed by atoms with E-state index in [9.17, 15) is 9.59 Å². The summed E-state index contributed by atoms with van der Waals surface area (Å²) in [5.74, 6) is 0.588. The van der Waals surface area contributed by atoms with Crippen molar-refractivity contribution in [2.45, 2.75) is 63.3 Å². The maximum absolute atomic E-state index is 13.0. The molecule has 0 N–H and O–H groups in total. The second-order valence-electron chi connectivity index (χ2n) is 7.11. The van der Waals surface area contributed by atoms with Crippen LogP contribution in [-0.2, 0) is 4.79 Å². The van der Waals surface area contributed by atoms with Crippen LogP contribution in [0.1, 0.15) is 44.0 Å². The van der Waals surface area contributed by atoms with Crippen LogP contribution in [0.15, 0.2) is 30.3 Å². The minimum absolute atomic E-state index is 0.0880. The average Bonchev–Trinajstić information content (AvgIpc) is 3.42. The van der Waals surface area contributed by atoms with Crippen LogP contribution in [-0.4, -0.2) is 30.8 Å². The summed E-state index contributed by atoms with van der Waals surface area (Å²) in [4.78, 5) is 27.4. The third kappa shape index (κ3) is 2.57. The first-order valence-electron chi connectivity index (χ1n) is 9.02. The molecule has 3 rings (SSSR count). The fourth-order valence-corrected chi connectivity index (χ4v) is 9.05. The molecule has 124 valence electrons. The molecule has 1 saturated heterocycles. The topological polar surface area (TPSA) is 37.4 Å². The van der Waals surface area contributed by atoms with Gasteiger partial charge in [-0.05, 0) is 30.9 Å². The van der Waals surface area contributed by atoms with Crippen molar-refractivity contribution in [2.24, 2.45) is 5.92 Å². The van der Waals surface area contributed by atoms with E-state index in [-0.39, 0.29) is 23.4 Å². The predicted molar refractivity (Wildman–Crippen MR) is 95.1 cm³/mol. The number of carbonyl (C=O) groups is 2. The maximum Gasteiger partial charge on any atom is 0.260 e. The van der Waals surface area contributed by atoms with Crippen molar-refractivity contribution in [1.82, 2.24) is 4.90 Å². The Morgan fingerprint density at radius 1 is 1.09 bits per heavy atom. The molecular formula is C19H27NO2Si. The zero-order valence-corrected chi connectivity index (χ0v) is 15.4. The van der Waals surface area contributed by atoms with E-state index in [1.54, 1.807) is 4.90 Å². The number of hydrogen-bond donors (Lipinski definition) is 0. The van der Waals surface area contributed by atoms with Gasteiger partial charge >= 0.3 is 0 Å². The quantitative estimate of drug-likeness (QED) is 0.442. The fourth-order valence-electron chi connectivity index (χ4n) is 4.42. The lowest BCUT2D eigenvalue weighted by molar-refractivity contribution is -0.142. The van der Waals surface area contributed by atoms with Crippen molar-refractivity contribution < 1.29 is 9.59 Å². The highest BCUT2D eigenvalue weighted by atomic mass is 28.3. The number of nitrogens with zero attached hydrogens (tertiary/aromatic N) is 1. The maximum atomic E-state index is 13.0. The molecule has 2 aliphatic rings. The van der Waals surface area contributed by atoms with Gasteiger partial charge in [0, 0.05) is 5.56 Å². The van der Waals surface area contributed by atoms with Gasteiger partial charge in [-0.25, -0.2) is 0 Å². The summed E-state index contributed by atoms with van der Waals surface area (Å²) in [7, 11) is -1.61. The number of benzene rings is 1. The molecule has 0 aromatic heterocycles. The SMILES string of the molecule is CC[Si](CC)(CC)[C@H]1C(=O)N(C(=O)c2ccccc2)[C@H]1C1CC1. The number of amides is 2. The zero-order valence-electron chi connectivity index (χ0n) is 14.4. The molecule has 4 heteroatoms. The third-order valence-corrected chi connectivity index (χ3v) is 12.4. The Balaban J connectivity index is 1.89. The van der Waals surface area contributed by atoms with Crippen molar-refractivity contribution >= 4 is 19.9 Å². The lowest BCUT2D eigenvalue weighted by Crippen LogP contribution is -2.68. The van der Waals surface area contributed by atoms with E-state index in [0.29, 0.717) is 11.5 Å². The van der Waals surface area contributed by atoms with Crippen LogP contribution in [0.2, 0.25) is 23.7 Å². The second-order valence-corrected chi connectivity index (χ2v) is 12.6. The summed E-state index contributed by atoms with van der Waals surface area (Å²) in [6, 6.07) is 12.9. The number of imide groups is 1. The molecule has 1 heterocycles. The van der Waals surface area contributed by atoms with E-state index in [0.717, 1.165) is 18.1 Å². The highest BCUT2D eigenvalue weighted by Gasteiger charge is 2.62. The summed E-state index contributed by atoms with van der Waals surface area (Å²) in [5.41, 5.74) is 0.810. The van der Waals surface area contributed by atoms with Gasteiger partial charge in [0.05, 0.1) is 19.7 Å². The van der Waals surface area contributed by atoms with Crippen LogP contribution >= 0.6 is 0 Å². The second kappa shape index (κ2) is 6.23. The van der Waals surface area contributed by atoms with Crippen LogP contribution in [0.4, 0.5) is 0 Å². The van der Waals surface area contributed by atoms with Gasteiger partial charge in [-0.1, -0.05) is 57.1 Å². The normalized spacial score (nSPS) is 24.5. The molecule has 1 saturated carbocycles. The first kappa shape index (κ1) is 16.4. The Morgan fingerprint density at radius 2 is 1.65 bits per heavy atom. The van der Waals surface area contributed by atoms with Gasteiger partial charge in [-0.3, -0.25) is 14.5 Å². The summed E-state index contributed by atoms with van der Waals surface area (Å²) >= 11 is 0. The van der Waals surface area contributed by atoms with Crippen molar-refractivity contribution in [1.29, 1.82) is 0 Å². The molecule has 0 bridgehead atoms. The molecule has 0 unspecified atom stereocenters. The highest BCUT2D eigenvalue weighted by Crippen LogP contribution is 2.54. The van der Waals surface area contributed by atoms with Gasteiger partial charge in [0.15, 0.2) is 0 Å². The number of hydrogen-bond acceptors (Lipinski definition) is 2. The van der Waals surface area contributed by atoms with E-state index in [4.69, 9.17) is 0 Å². The summed E-state index contributed by atoms with van der Waals surface area (Å²) in [5, 5.41) is 0. The molecule has 2 atom stereocenters. The molecular weight excluding hydrogens is 302 g/mol. The van der Waals surface area contributed by atoms with Gasteiger partial charge in [0.1, 0.15) is 0 Å². The number of rotatable bonds is 6. The molecule has 1 aliphatic heterocycles. The molecule has 1 aromatic carbocycles. The first-order valence-corrected chi connectivity index (χ1v) is 11.7. The van der Waals surface area contributed by atoms with Gasteiger partial charge in [-0.2, -0.15) is 0 Å². The third-order valence-electron chi connectivity index (χ3n) is 6.26. The first-order chi connectivity index (χ1) is 11.1. The predicted octanol–water partition coefficient (Wildman–Crippen LogP) is 4.33. The number of likely N-dealkylation sites (tertiary alicyclic amines) is 1. The van der Waals surface area contributed by atoms with Crippen LogP contribution in [0, 0.1) is 5.92 Å². The number of β-lactam (4-membered cyclic amide) rings is 1. The van der Waals surface area contributed by atoms with E-state index >= 15 is 0 Å². The van der Waals surface area contributed by atoms with E-state index in [2.05, 4.69) is 20.8 Å². The standard InChI is InChI=1S/C19H27NO2Si/c1-4-23(5-2,6-3)17-16(14-12-13-14)20(19(17)22)18(21)15-10-8-7-9-11-15/h7-11,14,16-17H,4-6,12-13H2,1-3H3/t16-,17+/m0/s1. The highest BCUT2D eigenvalue weighted by molar-refractivity contribution is 6.84. The lowest BCUT2D eigenvalue weighted by atomic mass is 9.94. The van der Waals surface area contributed by atoms with Crippen LogP contribution in [0.5, 0.6) is 0 Å². The van der Waals surface area contributed by atoms with Crippen LogP contribution in [0.3, 0.4) is 0 Å². The minimum Gasteiger partial charge on any atom is -0.275 e. The Labute approximate surface area is 140 Å². The van der Waals surface area contributed by atoms with E-state index < -0.39 is 8.07 Å². The van der Waals surface area contributed by atoms with E-state index in [1.807, 2.05) is 30.3 Å². The number of carbonyl (C=O) groups excluding carboxylic acids is 2. The molecule has 23 heavy (non-hydrogen) atoms. The Morgan fingerprint density at radius 3 is 2.13 bits per heavy atom. The monoisotopic (exact) mass is 329 g/mol. The van der Waals surface area contributed by atoms with Crippen molar-refractivity contribution in [2.75, 3.05) is 0 Å². The molecule has 3 nitrogen and oxygen atoms in total. The largest absolute Gasteiger partial charge is 0.275 e. The minimum atomic E-state index is -1.61. The summed E-state index contributed by atoms with van der Waals surface area (Å²) in [6.07, 6.45) is 2.35. The van der Waals surface area contributed by atoms with Gasteiger partial charge in [0.2, 0.25) is 5.91 Å².